The highest BCUT2D eigenvalue weighted by atomic mass is 32.2. The van der Waals surface area contributed by atoms with Gasteiger partial charge in [-0.1, -0.05) is 71.8 Å². The van der Waals surface area contributed by atoms with Crippen LogP contribution < -0.4 is 4.18 Å². The summed E-state index contributed by atoms with van der Waals surface area (Å²) < 4.78 is 68.2. The maximum atomic E-state index is 14.3. The second-order valence-corrected chi connectivity index (χ2v) is 15.4. The summed E-state index contributed by atoms with van der Waals surface area (Å²) in [7, 11) is -8.11. The predicted molar refractivity (Wildman–Crippen MR) is 167 cm³/mol. The van der Waals surface area contributed by atoms with Crippen molar-refractivity contribution in [3.63, 3.8) is 0 Å². The summed E-state index contributed by atoms with van der Waals surface area (Å²) in [6, 6.07) is 24.6. The van der Waals surface area contributed by atoms with E-state index in [9.17, 15) is 21.6 Å². The van der Waals surface area contributed by atoms with Crippen molar-refractivity contribution in [2.45, 2.75) is 29.9 Å². The first-order valence-electron chi connectivity index (χ1n) is 13.9. The molecule has 45 heavy (non-hydrogen) atoms. The van der Waals surface area contributed by atoms with Crippen LogP contribution in [-0.2, 0) is 31.3 Å². The number of nitrogens with zero attached hydrogens (tertiary/aromatic N) is 4. The molecular formula is C30H28N4O8S3. The number of aromatic nitrogens is 3. The van der Waals surface area contributed by atoms with Crippen LogP contribution in [0.25, 0.3) is 21.3 Å². The van der Waals surface area contributed by atoms with Gasteiger partial charge in [0.25, 0.3) is 0 Å². The van der Waals surface area contributed by atoms with Gasteiger partial charge in [0.15, 0.2) is 15.1 Å². The first-order chi connectivity index (χ1) is 21.6. The summed E-state index contributed by atoms with van der Waals surface area (Å²) in [5.74, 6) is -0.360. The molecule has 3 heterocycles. The minimum atomic E-state index is -4.11. The maximum Gasteiger partial charge on any atom is 0.430 e. The number of amides is 1. The number of carbonyl (C=O) groups is 1. The lowest BCUT2D eigenvalue weighted by Crippen LogP contribution is -2.43. The van der Waals surface area contributed by atoms with Crippen molar-refractivity contribution in [2.24, 2.45) is 0 Å². The molecule has 0 spiro atoms. The summed E-state index contributed by atoms with van der Waals surface area (Å²) in [6.07, 6.45) is -0.129. The number of likely N-dealkylation sites (tertiary alicyclic amines) is 1. The Labute approximate surface area is 263 Å². The van der Waals surface area contributed by atoms with E-state index in [1.807, 2.05) is 78.9 Å². The molecule has 2 aromatic heterocycles. The van der Waals surface area contributed by atoms with Gasteiger partial charge in [-0.25, -0.2) is 18.2 Å². The number of thiazole rings is 1. The number of hydrogen-bond donors (Lipinski definition) is 0. The summed E-state index contributed by atoms with van der Waals surface area (Å²) in [5, 5.41) is 5.31. The monoisotopic (exact) mass is 668 g/mol. The van der Waals surface area contributed by atoms with Gasteiger partial charge in [0.05, 0.1) is 21.7 Å². The topological polar surface area (TPSA) is 159 Å². The van der Waals surface area contributed by atoms with Crippen molar-refractivity contribution >= 4 is 47.6 Å². The number of piperidine rings is 1. The molecule has 0 N–H and O–H groups in total. The number of rotatable bonds is 9. The minimum Gasteiger partial charge on any atom is -0.445 e. The van der Waals surface area contributed by atoms with Gasteiger partial charge in [-0.15, -0.1) is 16.4 Å². The zero-order valence-corrected chi connectivity index (χ0v) is 26.4. The average Bonchev–Trinajstić information content (AvgIpc) is 3.66. The molecule has 1 fully saturated rings. The van der Waals surface area contributed by atoms with Crippen molar-refractivity contribution in [2.75, 3.05) is 19.3 Å². The first-order valence-corrected chi connectivity index (χ1v) is 18.2. The molecule has 1 aliphatic heterocycles. The lowest BCUT2D eigenvalue weighted by Gasteiger charge is -2.32. The molecule has 12 nitrogen and oxygen atoms in total. The fourth-order valence-electron chi connectivity index (χ4n) is 5.11. The second kappa shape index (κ2) is 12.6. The quantitative estimate of drug-likeness (QED) is 0.195. The van der Waals surface area contributed by atoms with E-state index in [2.05, 4.69) is 15.2 Å². The van der Waals surface area contributed by atoms with Crippen LogP contribution in [0.15, 0.2) is 83.3 Å². The molecule has 1 amide bonds. The van der Waals surface area contributed by atoms with E-state index >= 15 is 0 Å². The number of hydrogen-bond acceptors (Lipinski definition) is 12. The fourth-order valence-corrected chi connectivity index (χ4v) is 8.93. The smallest absolute Gasteiger partial charge is 0.430 e. The summed E-state index contributed by atoms with van der Waals surface area (Å²) in [4.78, 5) is 18.8. The van der Waals surface area contributed by atoms with Crippen LogP contribution in [0, 0.1) is 0 Å². The average molecular weight is 669 g/mol. The molecule has 5 aromatic rings. The summed E-state index contributed by atoms with van der Waals surface area (Å²) in [6.45, 7) is 0.437. The molecular weight excluding hydrogens is 641 g/mol. The third kappa shape index (κ3) is 7.00. The van der Waals surface area contributed by atoms with E-state index in [0.717, 1.165) is 27.6 Å². The number of carbonyl (C=O) groups excluding carboxylic acids is 1. The van der Waals surface area contributed by atoms with Crippen molar-refractivity contribution in [1.29, 1.82) is 0 Å². The SMILES string of the molecule is CS(=O)(=O)Oc1nnc(C(c2nc3ccc(-c4ccccc4)cc3s2)S(=O)(=O)C2CCN(C(=O)OCc3ccccc3)CC2)o1. The Morgan fingerprint density at radius 3 is 2.33 bits per heavy atom. The van der Waals surface area contributed by atoms with E-state index in [1.54, 1.807) is 0 Å². The molecule has 6 rings (SSSR count). The zero-order valence-electron chi connectivity index (χ0n) is 24.0. The van der Waals surface area contributed by atoms with Gasteiger partial charge in [0.2, 0.25) is 5.89 Å². The van der Waals surface area contributed by atoms with Crippen molar-refractivity contribution in [3.05, 3.63) is 95.3 Å². The van der Waals surface area contributed by atoms with Gasteiger partial charge in [0.1, 0.15) is 11.6 Å². The fraction of sp³-hybridized carbons (Fsp3) is 0.267. The Morgan fingerprint density at radius 2 is 1.64 bits per heavy atom. The molecule has 1 atom stereocenters. The Morgan fingerprint density at radius 1 is 0.956 bits per heavy atom. The van der Waals surface area contributed by atoms with Gasteiger partial charge < -0.3 is 18.2 Å². The van der Waals surface area contributed by atoms with Crippen LogP contribution in [0.5, 0.6) is 6.08 Å². The molecule has 0 aliphatic carbocycles. The highest BCUT2D eigenvalue weighted by Gasteiger charge is 2.44. The number of fused-ring (bicyclic) bond motifs is 1. The summed E-state index contributed by atoms with van der Waals surface area (Å²) in [5.41, 5.74) is 3.35. The van der Waals surface area contributed by atoms with Crippen LogP contribution in [0.3, 0.4) is 0 Å². The van der Waals surface area contributed by atoms with E-state index in [-0.39, 0.29) is 43.4 Å². The van der Waals surface area contributed by atoms with Crippen LogP contribution in [-0.4, -0.2) is 67.6 Å². The predicted octanol–water partition coefficient (Wildman–Crippen LogP) is 4.99. The molecule has 15 heteroatoms. The van der Waals surface area contributed by atoms with E-state index in [0.29, 0.717) is 5.52 Å². The molecule has 0 bridgehead atoms. The molecule has 234 valence electrons. The first kappa shape index (κ1) is 30.7. The second-order valence-electron chi connectivity index (χ2n) is 10.5. The van der Waals surface area contributed by atoms with Crippen LogP contribution >= 0.6 is 11.3 Å². The van der Waals surface area contributed by atoms with E-state index in [4.69, 9.17) is 13.3 Å². The molecule has 0 saturated carbocycles. The highest BCUT2D eigenvalue weighted by molar-refractivity contribution is 7.92. The Kier molecular flexibility index (Phi) is 8.57. The largest absolute Gasteiger partial charge is 0.445 e. The molecule has 1 aliphatic rings. The van der Waals surface area contributed by atoms with Crippen LogP contribution in [0.2, 0.25) is 0 Å². The van der Waals surface area contributed by atoms with Crippen molar-refractivity contribution in [1.82, 2.24) is 20.1 Å². The minimum absolute atomic E-state index is 0.110. The lowest BCUT2D eigenvalue weighted by molar-refractivity contribution is 0.0897. The molecule has 3 aromatic carbocycles. The maximum absolute atomic E-state index is 14.3. The number of ether oxygens (including phenoxy) is 1. The number of sulfone groups is 1. The Bertz CT molecular complexity index is 2020. The molecule has 1 unspecified atom stereocenters. The van der Waals surface area contributed by atoms with Gasteiger partial charge >= 0.3 is 22.3 Å². The summed E-state index contributed by atoms with van der Waals surface area (Å²) >= 11 is 1.17. The van der Waals surface area contributed by atoms with Crippen LogP contribution in [0.1, 0.15) is 34.6 Å². The standard InChI is InChI=1S/C30H28N4O8S3/c1-44(36,37)42-29-33-32-27(41-29)26(28-31-24-13-12-22(18-25(24)43-28)21-10-6-3-7-11-21)45(38,39)23-14-16-34(17-15-23)30(35)40-19-20-8-4-2-5-9-20/h2-13,18,23,26H,14-17,19H2,1H3. The number of benzene rings is 3. The van der Waals surface area contributed by atoms with Gasteiger partial charge in [-0.05, 0) is 41.7 Å². The Balaban J connectivity index is 1.27. The van der Waals surface area contributed by atoms with Gasteiger partial charge in [-0.3, -0.25) is 0 Å². The third-order valence-corrected chi connectivity index (χ3v) is 11.5. The van der Waals surface area contributed by atoms with Crippen molar-refractivity contribution in [3.8, 4) is 17.2 Å². The molecule has 1 saturated heterocycles. The van der Waals surface area contributed by atoms with Crippen LogP contribution in [0.4, 0.5) is 4.79 Å². The highest BCUT2D eigenvalue weighted by Crippen LogP contribution is 2.40. The van der Waals surface area contributed by atoms with E-state index < -0.39 is 42.6 Å². The lowest BCUT2D eigenvalue weighted by atomic mass is 10.1. The normalized spacial score (nSPS) is 15.2. The van der Waals surface area contributed by atoms with Crippen molar-refractivity contribution < 1.29 is 35.0 Å². The Hall–Kier alpha value is -4.34. The van der Waals surface area contributed by atoms with Gasteiger partial charge in [-0.2, -0.15) is 8.42 Å². The third-order valence-electron chi connectivity index (χ3n) is 7.30. The van der Waals surface area contributed by atoms with E-state index in [1.165, 1.54) is 16.2 Å². The van der Waals surface area contributed by atoms with Gasteiger partial charge in [0, 0.05) is 13.1 Å². The molecule has 0 radical (unpaired) electrons. The zero-order chi connectivity index (χ0) is 31.6.